The van der Waals surface area contributed by atoms with Gasteiger partial charge in [-0.25, -0.2) is 0 Å². The molecule has 0 aliphatic heterocycles. The first-order valence-corrected chi connectivity index (χ1v) is 20.2. The third kappa shape index (κ3) is 2.95. The molecule has 13 heavy (non-hydrogen) atoms. The van der Waals surface area contributed by atoms with Gasteiger partial charge in [-0.2, -0.15) is 0 Å². The van der Waals surface area contributed by atoms with E-state index in [0.717, 1.165) is 0 Å². The molecule has 0 N–H and O–H groups in total. The van der Waals surface area contributed by atoms with Gasteiger partial charge in [0.05, 0.1) is 0 Å². The van der Waals surface area contributed by atoms with Crippen molar-refractivity contribution in [1.29, 1.82) is 0 Å². The Kier molecular flexibility index (Phi) is 3.55. The second-order valence-electron chi connectivity index (χ2n) is 4.14. The van der Waals surface area contributed by atoms with Gasteiger partial charge >= 0.3 is 93.5 Å². The van der Waals surface area contributed by atoms with E-state index in [9.17, 15) is 0 Å². The molecule has 1 heterocycles. The van der Waals surface area contributed by atoms with E-state index in [2.05, 4.69) is 23.0 Å². The third-order valence-corrected chi connectivity index (χ3v) is 12.2. The summed E-state index contributed by atoms with van der Waals surface area (Å²) in [5.41, 5.74) is 0. The average Bonchev–Trinajstić information content (AvgIpc) is 2.27. The Morgan fingerprint density at radius 3 is 1.46 bits per heavy atom. The number of hydrogen-bond donors (Lipinski definition) is 0. The molecule has 5 heteroatoms. The van der Waals surface area contributed by atoms with Gasteiger partial charge in [-0.1, -0.05) is 0 Å². The number of hydrogen-bond acceptors (Lipinski definition) is 1. The summed E-state index contributed by atoms with van der Waals surface area (Å²) in [7, 11) is 12.8. The first-order valence-electron chi connectivity index (χ1n) is 4.18. The van der Waals surface area contributed by atoms with Crippen molar-refractivity contribution in [2.24, 2.45) is 0 Å². The van der Waals surface area contributed by atoms with E-state index in [1.54, 1.807) is 12.5 Å². The second-order valence-corrected chi connectivity index (χ2v) is 28.6. The molecule has 0 aliphatic rings. The summed E-state index contributed by atoms with van der Waals surface area (Å²) in [4.78, 5) is 0. The maximum absolute atomic E-state index is 6.41. The molecule has 0 saturated carbocycles. The minimum absolute atomic E-state index is 1.22. The quantitative estimate of drug-likeness (QED) is 0.753. The van der Waals surface area contributed by atoms with Gasteiger partial charge in [0.1, 0.15) is 0 Å². The maximum atomic E-state index is 6.41. The van der Waals surface area contributed by atoms with Crippen LogP contribution >= 0.6 is 20.0 Å². The summed E-state index contributed by atoms with van der Waals surface area (Å²) in [6, 6.07) is 0. The fourth-order valence-corrected chi connectivity index (χ4v) is 15.7. The van der Waals surface area contributed by atoms with Crippen molar-refractivity contribution in [2.75, 3.05) is 0 Å². The van der Waals surface area contributed by atoms with Crippen LogP contribution in [0.3, 0.4) is 0 Å². The summed E-state index contributed by atoms with van der Waals surface area (Å²) < 4.78 is 7.67. The van der Waals surface area contributed by atoms with E-state index in [0.29, 0.717) is 0 Å². The predicted molar refractivity (Wildman–Crippen MR) is 64.6 cm³/mol. The Morgan fingerprint density at radius 1 is 0.923 bits per heavy atom. The Bertz CT molecular complexity index is 267. The van der Waals surface area contributed by atoms with Crippen molar-refractivity contribution >= 4 is 53.5 Å². The zero-order valence-corrected chi connectivity index (χ0v) is 14.0. The Balaban J connectivity index is 3.19. The molecular weight excluding hydrogens is 328 g/mol. The van der Waals surface area contributed by atoms with E-state index in [1.807, 2.05) is 0 Å². The summed E-state index contributed by atoms with van der Waals surface area (Å²) in [5.74, 6) is 8.56. The van der Waals surface area contributed by atoms with Crippen LogP contribution in [0, 0.1) is 0 Å². The Labute approximate surface area is 92.9 Å². The standard InChI is InChI=1S/C8H14Cl2Ge2O/c1-11(2,9)7-5-13-6-8(7)12(3,4)10/h5-6H,1-4H3. The Hall–Kier alpha value is 0.946. The van der Waals surface area contributed by atoms with Gasteiger partial charge in [-0.3, -0.25) is 0 Å². The van der Waals surface area contributed by atoms with Crippen LogP contribution in [0.25, 0.3) is 0 Å². The molecule has 0 saturated heterocycles. The fraction of sp³-hybridized carbons (Fsp3) is 0.500. The van der Waals surface area contributed by atoms with Gasteiger partial charge in [-0.15, -0.1) is 0 Å². The second kappa shape index (κ2) is 3.84. The van der Waals surface area contributed by atoms with Crippen molar-refractivity contribution in [3.63, 3.8) is 0 Å². The van der Waals surface area contributed by atoms with Gasteiger partial charge in [0, 0.05) is 0 Å². The number of halogens is 2. The van der Waals surface area contributed by atoms with Crippen molar-refractivity contribution in [2.45, 2.75) is 23.0 Å². The molecule has 1 nitrogen and oxygen atoms in total. The molecule has 0 amide bonds. The molecule has 0 bridgehead atoms. The van der Waals surface area contributed by atoms with E-state index in [-0.39, 0.29) is 0 Å². The summed E-state index contributed by atoms with van der Waals surface area (Å²) in [5, 5.41) is 0. The van der Waals surface area contributed by atoms with Crippen LogP contribution in [0.2, 0.25) is 23.0 Å². The van der Waals surface area contributed by atoms with Crippen LogP contribution in [0.1, 0.15) is 0 Å². The molecule has 0 aliphatic carbocycles. The molecule has 0 fully saturated rings. The minimum atomic E-state index is -2.29. The number of rotatable bonds is 2. The molecule has 74 valence electrons. The zero-order valence-electron chi connectivity index (χ0n) is 8.32. The SMILES string of the molecule is [CH3][Ge]([CH3])([Cl])[c]1coc[c]1[Ge]([CH3])([CH3])[Cl]. The monoisotopic (exact) mass is 344 g/mol. The van der Waals surface area contributed by atoms with Gasteiger partial charge in [0.15, 0.2) is 0 Å². The molecule has 0 radical (unpaired) electrons. The summed E-state index contributed by atoms with van der Waals surface area (Å²) in [6.45, 7) is 0. The Morgan fingerprint density at radius 2 is 1.23 bits per heavy atom. The molecule has 1 rings (SSSR count). The third-order valence-electron chi connectivity index (χ3n) is 1.94. The van der Waals surface area contributed by atoms with Crippen molar-refractivity contribution < 1.29 is 4.42 Å². The first kappa shape index (κ1) is 12.0. The molecule has 0 spiro atoms. The first-order chi connectivity index (χ1) is 5.73. The van der Waals surface area contributed by atoms with Gasteiger partial charge in [-0.05, 0) is 0 Å². The summed E-state index contributed by atoms with van der Waals surface area (Å²) in [6.07, 6.45) is 3.58. The van der Waals surface area contributed by atoms with Gasteiger partial charge in [0.2, 0.25) is 0 Å². The van der Waals surface area contributed by atoms with Gasteiger partial charge in [0.25, 0.3) is 0 Å². The predicted octanol–water partition coefficient (Wildman–Crippen LogP) is 2.58. The van der Waals surface area contributed by atoms with Crippen LogP contribution in [-0.4, -0.2) is 24.7 Å². The zero-order chi connectivity index (χ0) is 10.3. The molecule has 1 aromatic rings. The fourth-order valence-electron chi connectivity index (χ4n) is 1.22. The van der Waals surface area contributed by atoms with Crippen LogP contribution in [0.5, 0.6) is 0 Å². The van der Waals surface area contributed by atoms with Crippen molar-refractivity contribution in [3.05, 3.63) is 12.5 Å². The van der Waals surface area contributed by atoms with Crippen LogP contribution in [-0.2, 0) is 0 Å². The van der Waals surface area contributed by atoms with E-state index in [4.69, 9.17) is 24.4 Å². The van der Waals surface area contributed by atoms with Crippen molar-refractivity contribution in [1.82, 2.24) is 0 Å². The molecule has 0 aromatic carbocycles. The van der Waals surface area contributed by atoms with E-state index >= 15 is 0 Å². The molecular formula is C8H14Cl2Ge2O. The van der Waals surface area contributed by atoms with E-state index in [1.165, 1.54) is 8.79 Å². The molecule has 0 atom stereocenters. The molecule has 0 unspecified atom stereocenters. The van der Waals surface area contributed by atoms with Gasteiger partial charge < -0.3 is 0 Å². The summed E-state index contributed by atoms with van der Waals surface area (Å²) >= 11 is -4.57. The topological polar surface area (TPSA) is 13.1 Å². The average molecular weight is 342 g/mol. The van der Waals surface area contributed by atoms with Crippen LogP contribution in [0.15, 0.2) is 16.9 Å². The molecule has 1 aromatic heterocycles. The van der Waals surface area contributed by atoms with Crippen molar-refractivity contribution in [3.8, 4) is 0 Å². The van der Waals surface area contributed by atoms with Crippen LogP contribution < -0.4 is 8.79 Å². The number of furan rings is 1. The van der Waals surface area contributed by atoms with Crippen LogP contribution in [0.4, 0.5) is 0 Å². The normalized spacial score (nSPS) is 13.4. The van der Waals surface area contributed by atoms with E-state index < -0.39 is 24.7 Å².